The van der Waals surface area contributed by atoms with E-state index in [0.29, 0.717) is 12.3 Å². The second-order valence-corrected chi connectivity index (χ2v) is 6.49. The molecular formula is C19H30IN7O. The first-order valence-corrected chi connectivity index (χ1v) is 9.65. The van der Waals surface area contributed by atoms with E-state index in [-0.39, 0.29) is 24.0 Å². The number of halogens is 1. The Kier molecular flexibility index (Phi) is 8.81. The molecule has 28 heavy (non-hydrogen) atoms. The molecule has 2 N–H and O–H groups in total. The third-order valence-corrected chi connectivity index (χ3v) is 4.75. The van der Waals surface area contributed by atoms with Gasteiger partial charge in [0.05, 0.1) is 12.2 Å². The predicted molar refractivity (Wildman–Crippen MR) is 123 cm³/mol. The number of phenols is 1. The van der Waals surface area contributed by atoms with Gasteiger partial charge in [0.15, 0.2) is 5.96 Å². The summed E-state index contributed by atoms with van der Waals surface area (Å²) in [5.74, 6) is 2.28. The number of aryl methyl sites for hydroxylation is 1. The first-order chi connectivity index (χ1) is 13.2. The third kappa shape index (κ3) is 5.49. The van der Waals surface area contributed by atoms with Gasteiger partial charge in [-0.25, -0.2) is 0 Å². The van der Waals surface area contributed by atoms with Crippen LogP contribution in [-0.4, -0.2) is 70.0 Å². The first kappa shape index (κ1) is 22.3. The number of hydrogen-bond acceptors (Lipinski definition) is 5. The van der Waals surface area contributed by atoms with Gasteiger partial charge in [0, 0.05) is 45.7 Å². The van der Waals surface area contributed by atoms with Crippen LogP contribution in [0.25, 0.3) is 0 Å². The molecule has 2 aromatic rings. The number of rotatable bonds is 6. The maximum absolute atomic E-state index is 10.1. The highest BCUT2D eigenvalue weighted by Gasteiger charge is 2.21. The Balaban J connectivity index is 0.00000280. The van der Waals surface area contributed by atoms with Crippen LogP contribution < -0.4 is 10.2 Å². The minimum Gasteiger partial charge on any atom is -0.506 e. The Bertz CT molecular complexity index is 756. The van der Waals surface area contributed by atoms with Crippen LogP contribution in [0.4, 0.5) is 5.69 Å². The Morgan fingerprint density at radius 2 is 1.93 bits per heavy atom. The molecule has 0 spiro atoms. The number of para-hydroxylation sites is 2. The number of nitrogens with zero attached hydrogens (tertiary/aromatic N) is 6. The van der Waals surface area contributed by atoms with Crippen LogP contribution in [0.2, 0.25) is 0 Å². The number of aliphatic imine (C=N–C) groups is 1. The number of phenolic OH excluding ortho intramolecular Hbond substituents is 1. The van der Waals surface area contributed by atoms with Crippen molar-refractivity contribution >= 4 is 35.6 Å². The number of hydrogen-bond donors (Lipinski definition) is 2. The van der Waals surface area contributed by atoms with Crippen LogP contribution in [-0.2, 0) is 13.0 Å². The van der Waals surface area contributed by atoms with Crippen molar-refractivity contribution in [2.24, 2.45) is 4.99 Å². The highest BCUT2D eigenvalue weighted by molar-refractivity contribution is 14.0. The smallest absolute Gasteiger partial charge is 0.194 e. The average Bonchev–Trinajstić information content (AvgIpc) is 3.15. The summed E-state index contributed by atoms with van der Waals surface area (Å²) < 4.78 is 2.06. The summed E-state index contributed by atoms with van der Waals surface area (Å²) in [5, 5.41) is 21.6. The highest BCUT2D eigenvalue weighted by atomic mass is 127. The predicted octanol–water partition coefficient (Wildman–Crippen LogP) is 1.95. The summed E-state index contributed by atoms with van der Waals surface area (Å²) in [6, 6.07) is 7.52. The summed E-state index contributed by atoms with van der Waals surface area (Å²) in [7, 11) is 0. The number of anilines is 1. The summed E-state index contributed by atoms with van der Waals surface area (Å²) >= 11 is 0. The Hall–Kier alpha value is -2.04. The van der Waals surface area contributed by atoms with Crippen molar-refractivity contribution in [1.29, 1.82) is 0 Å². The molecule has 0 radical (unpaired) electrons. The van der Waals surface area contributed by atoms with E-state index in [0.717, 1.165) is 63.2 Å². The molecule has 0 aliphatic carbocycles. The molecule has 154 valence electrons. The van der Waals surface area contributed by atoms with Crippen molar-refractivity contribution in [2.75, 3.05) is 44.2 Å². The summed E-state index contributed by atoms with van der Waals surface area (Å²) in [6.07, 6.45) is 2.64. The lowest BCUT2D eigenvalue weighted by molar-refractivity contribution is 0.369. The van der Waals surface area contributed by atoms with Gasteiger partial charge in [-0.3, -0.25) is 4.99 Å². The van der Waals surface area contributed by atoms with Crippen molar-refractivity contribution in [1.82, 2.24) is 25.0 Å². The molecule has 0 atom stereocenters. The normalized spacial score (nSPS) is 14.7. The number of guanidine groups is 1. The van der Waals surface area contributed by atoms with E-state index in [1.165, 1.54) is 0 Å². The molecule has 0 saturated carbocycles. The van der Waals surface area contributed by atoms with Crippen molar-refractivity contribution in [3.63, 3.8) is 0 Å². The lowest BCUT2D eigenvalue weighted by atomic mass is 10.2. The standard InChI is InChI=1S/C19H29N7O.HI/c1-3-18-23-22-15-26(18)10-9-21-19(20-4-2)25-13-11-24(12-14-25)16-7-5-6-8-17(16)27;/h5-8,15,27H,3-4,9-14H2,1-2H3,(H,20,21);1H. The molecule has 1 aromatic heterocycles. The molecule has 0 unspecified atom stereocenters. The molecule has 3 rings (SSSR count). The van der Waals surface area contributed by atoms with Crippen molar-refractivity contribution < 1.29 is 5.11 Å². The largest absolute Gasteiger partial charge is 0.506 e. The molecular weight excluding hydrogens is 469 g/mol. The van der Waals surface area contributed by atoms with E-state index in [2.05, 4.69) is 43.7 Å². The fourth-order valence-electron chi connectivity index (χ4n) is 3.32. The second-order valence-electron chi connectivity index (χ2n) is 6.49. The fourth-order valence-corrected chi connectivity index (χ4v) is 3.32. The molecule has 9 heteroatoms. The van der Waals surface area contributed by atoms with E-state index >= 15 is 0 Å². The van der Waals surface area contributed by atoms with E-state index in [4.69, 9.17) is 4.99 Å². The summed E-state index contributed by atoms with van der Waals surface area (Å²) in [4.78, 5) is 9.30. The minimum absolute atomic E-state index is 0. The van der Waals surface area contributed by atoms with Crippen molar-refractivity contribution in [3.05, 3.63) is 36.4 Å². The van der Waals surface area contributed by atoms with E-state index in [9.17, 15) is 5.11 Å². The zero-order chi connectivity index (χ0) is 19.1. The SMILES string of the molecule is CCNC(=NCCn1cnnc1CC)N1CCN(c2ccccc2O)CC1.I. The zero-order valence-corrected chi connectivity index (χ0v) is 18.9. The van der Waals surface area contributed by atoms with E-state index in [1.54, 1.807) is 12.4 Å². The van der Waals surface area contributed by atoms with Crippen molar-refractivity contribution in [3.8, 4) is 5.75 Å². The molecule has 1 saturated heterocycles. The van der Waals surface area contributed by atoms with Crippen molar-refractivity contribution in [2.45, 2.75) is 26.8 Å². The molecule has 0 bridgehead atoms. The van der Waals surface area contributed by atoms with Gasteiger partial charge in [-0.05, 0) is 19.1 Å². The maximum Gasteiger partial charge on any atom is 0.194 e. The van der Waals surface area contributed by atoms with Crippen LogP contribution in [0, 0.1) is 0 Å². The molecule has 0 amide bonds. The Labute approximate surface area is 183 Å². The maximum atomic E-state index is 10.1. The fraction of sp³-hybridized carbons (Fsp3) is 0.526. The van der Waals surface area contributed by atoms with Crippen LogP contribution in [0.3, 0.4) is 0 Å². The number of nitrogens with one attached hydrogen (secondary N) is 1. The zero-order valence-electron chi connectivity index (χ0n) is 16.6. The van der Waals surface area contributed by atoms with Crippen LogP contribution in [0.1, 0.15) is 19.7 Å². The highest BCUT2D eigenvalue weighted by Crippen LogP contribution is 2.27. The van der Waals surface area contributed by atoms with Gasteiger partial charge >= 0.3 is 0 Å². The molecule has 1 aromatic carbocycles. The third-order valence-electron chi connectivity index (χ3n) is 4.75. The number of aromatic hydroxyl groups is 1. The van der Waals surface area contributed by atoms with Crippen LogP contribution >= 0.6 is 24.0 Å². The van der Waals surface area contributed by atoms with E-state index < -0.39 is 0 Å². The van der Waals surface area contributed by atoms with Gasteiger partial charge in [0.25, 0.3) is 0 Å². The molecule has 1 aliphatic rings. The monoisotopic (exact) mass is 499 g/mol. The van der Waals surface area contributed by atoms with Gasteiger partial charge < -0.3 is 24.8 Å². The number of benzene rings is 1. The molecule has 2 heterocycles. The van der Waals surface area contributed by atoms with E-state index in [1.807, 2.05) is 18.2 Å². The molecule has 1 aliphatic heterocycles. The summed E-state index contributed by atoms with van der Waals surface area (Å²) in [5.41, 5.74) is 0.902. The number of piperazine rings is 1. The minimum atomic E-state index is 0. The summed E-state index contributed by atoms with van der Waals surface area (Å²) in [6.45, 7) is 9.92. The van der Waals surface area contributed by atoms with Gasteiger partial charge in [-0.1, -0.05) is 19.1 Å². The van der Waals surface area contributed by atoms with Gasteiger partial charge in [0.2, 0.25) is 0 Å². The lowest BCUT2D eigenvalue weighted by Gasteiger charge is -2.37. The molecule has 8 nitrogen and oxygen atoms in total. The quantitative estimate of drug-likeness (QED) is 0.360. The second kappa shape index (κ2) is 11.1. The van der Waals surface area contributed by atoms with Gasteiger partial charge in [-0.15, -0.1) is 34.2 Å². The van der Waals surface area contributed by atoms with Gasteiger partial charge in [-0.2, -0.15) is 0 Å². The average molecular weight is 499 g/mol. The lowest BCUT2D eigenvalue weighted by Crippen LogP contribution is -2.52. The topological polar surface area (TPSA) is 81.8 Å². The number of aromatic nitrogens is 3. The van der Waals surface area contributed by atoms with Crippen LogP contribution in [0.5, 0.6) is 5.75 Å². The van der Waals surface area contributed by atoms with Crippen LogP contribution in [0.15, 0.2) is 35.6 Å². The first-order valence-electron chi connectivity index (χ1n) is 9.65. The molecule has 1 fully saturated rings. The Morgan fingerprint density at radius 3 is 2.61 bits per heavy atom. The Morgan fingerprint density at radius 1 is 1.18 bits per heavy atom. The van der Waals surface area contributed by atoms with Gasteiger partial charge in [0.1, 0.15) is 17.9 Å².